The monoisotopic (exact) mass is 701 g/mol. The SMILES string of the molecule is N#Cc1ccccc1CN1C(=O)N2CCCC2N=C1N1CCC[C@@H](N)C1.N#Cc1ccccc1Cn1c(N2CCC[C@@H](N)C2)nn2nccc2c1=O. The van der Waals surface area contributed by atoms with Gasteiger partial charge in [0, 0.05) is 44.8 Å². The van der Waals surface area contributed by atoms with Crippen molar-refractivity contribution < 1.29 is 4.79 Å². The molecule has 268 valence electrons. The van der Waals surface area contributed by atoms with Gasteiger partial charge in [-0.3, -0.25) is 14.3 Å². The van der Waals surface area contributed by atoms with Crippen LogP contribution in [-0.4, -0.2) is 97.1 Å². The van der Waals surface area contributed by atoms with Crippen molar-refractivity contribution in [3.8, 4) is 12.1 Å². The normalized spacial score (nSPS) is 21.6. The third-order valence-electron chi connectivity index (χ3n) is 10.1. The fraction of sp³-hybridized carbons (Fsp3) is 0.432. The minimum absolute atomic E-state index is 0.00983. The second kappa shape index (κ2) is 15.2. The molecule has 3 fully saturated rings. The average Bonchev–Trinajstić information content (AvgIpc) is 3.85. The third kappa shape index (κ3) is 7.06. The molecule has 15 nitrogen and oxygen atoms in total. The number of hydrogen-bond donors (Lipinski definition) is 2. The number of benzene rings is 2. The molecule has 4 aliphatic heterocycles. The predicted octanol–water partition coefficient (Wildman–Crippen LogP) is 2.43. The maximum absolute atomic E-state index is 13.2. The van der Waals surface area contributed by atoms with Gasteiger partial charge < -0.3 is 26.2 Å². The van der Waals surface area contributed by atoms with E-state index in [1.165, 1.54) is 4.63 Å². The molecule has 4 aromatic rings. The number of carbonyl (C=O) groups excluding carboxylic acids is 1. The number of amides is 2. The molecule has 0 bridgehead atoms. The highest BCUT2D eigenvalue weighted by Crippen LogP contribution is 2.28. The molecule has 2 aromatic carbocycles. The average molecular weight is 702 g/mol. The van der Waals surface area contributed by atoms with E-state index in [0.29, 0.717) is 35.7 Å². The molecule has 2 amide bonds. The van der Waals surface area contributed by atoms with E-state index in [4.69, 9.17) is 16.5 Å². The molecule has 6 heterocycles. The van der Waals surface area contributed by atoms with Crippen molar-refractivity contribution in [2.75, 3.05) is 37.6 Å². The highest BCUT2D eigenvalue weighted by atomic mass is 16.2. The number of aromatic nitrogens is 4. The fourth-order valence-corrected chi connectivity index (χ4v) is 7.48. The highest BCUT2D eigenvalue weighted by molar-refractivity contribution is 5.98. The van der Waals surface area contributed by atoms with Gasteiger partial charge in [0.15, 0.2) is 5.52 Å². The Hall–Kier alpha value is -5.77. The van der Waals surface area contributed by atoms with E-state index in [-0.39, 0.29) is 36.4 Å². The summed E-state index contributed by atoms with van der Waals surface area (Å²) in [6, 6.07) is 20.9. The Kier molecular flexibility index (Phi) is 10.2. The van der Waals surface area contributed by atoms with Gasteiger partial charge in [0.25, 0.3) is 5.56 Å². The topological polar surface area (TPSA) is 194 Å². The van der Waals surface area contributed by atoms with E-state index in [1.54, 1.807) is 33.9 Å². The summed E-state index contributed by atoms with van der Waals surface area (Å²) in [6.45, 7) is 4.38. The summed E-state index contributed by atoms with van der Waals surface area (Å²) < 4.78 is 2.98. The predicted molar refractivity (Wildman–Crippen MR) is 195 cm³/mol. The zero-order valence-corrected chi connectivity index (χ0v) is 29.1. The standard InChI is InChI=1S/C19H24N6O.C18H19N7O/c20-11-14-5-1-2-6-15(14)12-25-18(23-9-3-7-16(21)13-23)22-17-8-4-10-24(17)19(25)26;19-10-13-4-1-2-5-14(13)11-24-17(26)16-7-8-21-25(16)22-18(24)23-9-3-6-15(20)12-23/h1-2,5-6,16-17H,3-4,7-10,12-13,21H2;1-2,4-5,7-8,15H,3,6,9,11-12,20H2/t16-,17?;15-/m11/s1. The van der Waals surface area contributed by atoms with Crippen LogP contribution >= 0.6 is 0 Å². The summed E-state index contributed by atoms with van der Waals surface area (Å²) in [5.41, 5.74) is 15.3. The molecule has 0 spiro atoms. The third-order valence-corrected chi connectivity index (χ3v) is 10.1. The van der Waals surface area contributed by atoms with E-state index in [0.717, 1.165) is 81.8 Å². The van der Waals surface area contributed by atoms with Gasteiger partial charge in [-0.15, -0.1) is 9.73 Å². The van der Waals surface area contributed by atoms with Crippen molar-refractivity contribution in [1.29, 1.82) is 10.5 Å². The van der Waals surface area contributed by atoms with Gasteiger partial charge in [-0.2, -0.15) is 15.6 Å². The van der Waals surface area contributed by atoms with Gasteiger partial charge in [-0.25, -0.2) is 9.79 Å². The maximum Gasteiger partial charge on any atom is 0.328 e. The van der Waals surface area contributed by atoms with Gasteiger partial charge >= 0.3 is 6.03 Å². The number of likely N-dealkylation sites (tertiary alicyclic amines) is 1. The second-order valence-electron chi connectivity index (χ2n) is 13.7. The number of nitrogens with two attached hydrogens (primary N) is 2. The van der Waals surface area contributed by atoms with Crippen LogP contribution in [0.25, 0.3) is 5.52 Å². The molecule has 52 heavy (non-hydrogen) atoms. The lowest BCUT2D eigenvalue weighted by atomic mass is 10.1. The Bertz CT molecular complexity index is 2110. The van der Waals surface area contributed by atoms with Crippen LogP contribution in [0.4, 0.5) is 10.7 Å². The molecule has 0 radical (unpaired) electrons. The van der Waals surface area contributed by atoms with E-state index >= 15 is 0 Å². The lowest BCUT2D eigenvalue weighted by Crippen LogP contribution is -2.59. The van der Waals surface area contributed by atoms with Crippen LogP contribution in [-0.2, 0) is 13.1 Å². The Morgan fingerprint density at radius 2 is 1.38 bits per heavy atom. The number of carbonyl (C=O) groups is 1. The Morgan fingerprint density at radius 3 is 2.06 bits per heavy atom. The summed E-state index contributed by atoms with van der Waals surface area (Å²) >= 11 is 0. The van der Waals surface area contributed by atoms with Crippen LogP contribution in [0.2, 0.25) is 0 Å². The smallest absolute Gasteiger partial charge is 0.328 e. The maximum atomic E-state index is 13.2. The van der Waals surface area contributed by atoms with E-state index in [2.05, 4.69) is 27.2 Å². The largest absolute Gasteiger partial charge is 0.341 e. The van der Waals surface area contributed by atoms with Crippen molar-refractivity contribution >= 4 is 23.5 Å². The number of anilines is 1. The highest BCUT2D eigenvalue weighted by Gasteiger charge is 2.41. The van der Waals surface area contributed by atoms with Crippen LogP contribution in [0.1, 0.15) is 60.8 Å². The number of piperidine rings is 2. The van der Waals surface area contributed by atoms with Crippen LogP contribution in [0.3, 0.4) is 0 Å². The van der Waals surface area contributed by atoms with Crippen molar-refractivity contribution in [3.05, 3.63) is 93.4 Å². The first kappa shape index (κ1) is 34.7. The van der Waals surface area contributed by atoms with E-state index in [9.17, 15) is 20.1 Å². The second-order valence-corrected chi connectivity index (χ2v) is 13.7. The summed E-state index contributed by atoms with van der Waals surface area (Å²) in [5.74, 6) is 1.26. The number of aliphatic imine (C=N–C) groups is 1. The van der Waals surface area contributed by atoms with Crippen molar-refractivity contribution in [2.24, 2.45) is 16.5 Å². The number of guanidine groups is 1. The molecule has 0 saturated carbocycles. The minimum Gasteiger partial charge on any atom is -0.341 e. The number of hydrogen-bond acceptors (Lipinski definition) is 11. The minimum atomic E-state index is -0.181. The lowest BCUT2D eigenvalue weighted by Gasteiger charge is -2.42. The van der Waals surface area contributed by atoms with Crippen molar-refractivity contribution in [3.63, 3.8) is 0 Å². The van der Waals surface area contributed by atoms with Crippen LogP contribution in [0.5, 0.6) is 0 Å². The molecule has 15 heteroatoms. The number of nitriles is 2. The van der Waals surface area contributed by atoms with Gasteiger partial charge in [-0.05, 0) is 67.9 Å². The first-order chi connectivity index (χ1) is 25.3. The molecule has 3 saturated heterocycles. The summed E-state index contributed by atoms with van der Waals surface area (Å²) in [4.78, 5) is 38.9. The molecule has 4 N–H and O–H groups in total. The quantitative estimate of drug-likeness (QED) is 0.312. The lowest BCUT2D eigenvalue weighted by molar-refractivity contribution is 0.148. The summed E-state index contributed by atoms with van der Waals surface area (Å²) in [6.07, 6.45) is 7.31. The number of nitrogens with zero attached hydrogens (tertiary/aromatic N) is 11. The fourth-order valence-electron chi connectivity index (χ4n) is 7.48. The molecule has 8 rings (SSSR count). The summed E-state index contributed by atoms with van der Waals surface area (Å²) in [5, 5.41) is 27.4. The van der Waals surface area contributed by atoms with E-state index in [1.807, 2.05) is 46.2 Å². The number of urea groups is 1. The van der Waals surface area contributed by atoms with Crippen LogP contribution < -0.4 is 21.9 Å². The van der Waals surface area contributed by atoms with Crippen LogP contribution in [0, 0.1) is 22.7 Å². The van der Waals surface area contributed by atoms with Gasteiger partial charge in [0.05, 0.1) is 42.6 Å². The first-order valence-electron chi connectivity index (χ1n) is 17.9. The molecule has 0 aliphatic carbocycles. The first-order valence-corrected chi connectivity index (χ1v) is 17.9. The Labute approximate surface area is 301 Å². The molecule has 4 aliphatic rings. The summed E-state index contributed by atoms with van der Waals surface area (Å²) in [7, 11) is 0. The number of fused-ring (bicyclic) bond motifs is 2. The molecule has 1 unspecified atom stereocenters. The van der Waals surface area contributed by atoms with Crippen molar-refractivity contribution in [2.45, 2.75) is 69.9 Å². The van der Waals surface area contributed by atoms with E-state index < -0.39 is 0 Å². The van der Waals surface area contributed by atoms with Gasteiger partial charge in [0.2, 0.25) is 11.9 Å². The van der Waals surface area contributed by atoms with Crippen molar-refractivity contribution in [1.82, 2.24) is 34.1 Å². The zero-order chi connectivity index (χ0) is 36.2. The Balaban J connectivity index is 0.000000162. The van der Waals surface area contributed by atoms with Gasteiger partial charge in [0.1, 0.15) is 6.17 Å². The molecular weight excluding hydrogens is 658 g/mol. The van der Waals surface area contributed by atoms with Crippen LogP contribution in [0.15, 0.2) is 70.6 Å². The Morgan fingerprint density at radius 1 is 0.769 bits per heavy atom. The van der Waals surface area contributed by atoms with Gasteiger partial charge in [-0.1, -0.05) is 36.4 Å². The molecular formula is C37H43N13O2. The zero-order valence-electron chi connectivity index (χ0n) is 29.1. The number of rotatable bonds is 5. The molecule has 3 atom stereocenters. The molecule has 2 aromatic heterocycles.